The van der Waals surface area contributed by atoms with Crippen LogP contribution in [0, 0.1) is 22.4 Å². The van der Waals surface area contributed by atoms with Gasteiger partial charge in [0.15, 0.2) is 0 Å². The quantitative estimate of drug-likeness (QED) is 0.324. The summed E-state index contributed by atoms with van der Waals surface area (Å²) >= 11 is 0. The Balaban J connectivity index is 1.17. The van der Waals surface area contributed by atoms with Gasteiger partial charge in [0.25, 0.3) is 0 Å². The summed E-state index contributed by atoms with van der Waals surface area (Å²) in [6.07, 6.45) is 5.08. The topological polar surface area (TPSA) is 117 Å². The Labute approximate surface area is 224 Å². The van der Waals surface area contributed by atoms with Crippen molar-refractivity contribution in [1.29, 1.82) is 4.78 Å². The third kappa shape index (κ3) is 3.93. The molecule has 1 atom stereocenters. The number of amides is 1. The van der Waals surface area contributed by atoms with E-state index in [0.717, 1.165) is 46.5 Å². The highest BCUT2D eigenvalue weighted by Gasteiger charge is 2.56. The van der Waals surface area contributed by atoms with Crippen molar-refractivity contribution in [2.24, 2.45) is 0 Å². The molecule has 3 aliphatic rings. The van der Waals surface area contributed by atoms with E-state index in [-0.39, 0.29) is 35.1 Å². The number of hydrogen-bond acceptors (Lipinski definition) is 7. The Hall–Kier alpha value is -4.33. The number of benzene rings is 2. The molecule has 1 spiro atoms. The lowest BCUT2D eigenvalue weighted by atomic mass is 9.97. The van der Waals surface area contributed by atoms with Crippen LogP contribution in [-0.2, 0) is 24.7 Å². The number of nitrogens with zero attached hydrogens (tertiary/aromatic N) is 2. The van der Waals surface area contributed by atoms with Crippen LogP contribution in [0.5, 0.6) is 0 Å². The van der Waals surface area contributed by atoms with Crippen molar-refractivity contribution in [3.05, 3.63) is 83.6 Å². The highest BCUT2D eigenvalue weighted by Crippen LogP contribution is 2.55. The molecule has 2 aromatic heterocycles. The van der Waals surface area contributed by atoms with E-state index in [1.807, 2.05) is 24.3 Å². The lowest BCUT2D eigenvalue weighted by Crippen LogP contribution is -2.40. The third-order valence-electron chi connectivity index (χ3n) is 7.57. The first-order chi connectivity index (χ1) is 18.8. The number of carbonyl (C=O) groups is 1. The van der Waals surface area contributed by atoms with Crippen LogP contribution in [0.2, 0.25) is 0 Å². The van der Waals surface area contributed by atoms with E-state index in [1.54, 1.807) is 18.5 Å². The van der Waals surface area contributed by atoms with Crippen molar-refractivity contribution < 1.29 is 18.1 Å². The molecule has 8 nitrogen and oxygen atoms in total. The maximum Gasteiger partial charge on any atom is 0.235 e. The maximum atomic E-state index is 14.9. The SMILES string of the molecule is N=S(=O)(c1ccc(Nc2cc3c(C#Cc4ccc5c(c4)NC(=O)C54CC4)nccc3cn2)c(F)c1)C1COC1. The number of halogens is 1. The van der Waals surface area contributed by atoms with Gasteiger partial charge < -0.3 is 15.4 Å². The average molecular weight is 540 g/mol. The zero-order valence-corrected chi connectivity index (χ0v) is 21.4. The lowest BCUT2D eigenvalue weighted by molar-refractivity contribution is -0.117. The minimum atomic E-state index is -3.14. The fourth-order valence-corrected chi connectivity index (χ4v) is 6.52. The summed E-state index contributed by atoms with van der Waals surface area (Å²) in [5.74, 6) is 6.10. The van der Waals surface area contributed by atoms with E-state index >= 15 is 0 Å². The van der Waals surface area contributed by atoms with Crippen molar-refractivity contribution in [2.45, 2.75) is 28.4 Å². The van der Waals surface area contributed by atoms with Gasteiger partial charge in [-0.25, -0.2) is 23.3 Å². The van der Waals surface area contributed by atoms with E-state index in [9.17, 15) is 13.4 Å². The van der Waals surface area contributed by atoms with E-state index in [0.29, 0.717) is 11.5 Å². The highest BCUT2D eigenvalue weighted by molar-refractivity contribution is 7.93. The van der Waals surface area contributed by atoms with Gasteiger partial charge in [0.05, 0.1) is 44.2 Å². The van der Waals surface area contributed by atoms with Gasteiger partial charge in [-0.2, -0.15) is 0 Å². The van der Waals surface area contributed by atoms with Gasteiger partial charge in [0.1, 0.15) is 17.3 Å². The first kappa shape index (κ1) is 23.8. The van der Waals surface area contributed by atoms with Gasteiger partial charge in [0, 0.05) is 34.4 Å². The number of pyridine rings is 2. The number of ether oxygens (including phenoxy) is 1. The number of rotatable bonds is 4. The summed E-state index contributed by atoms with van der Waals surface area (Å²) < 4.78 is 41.0. The largest absolute Gasteiger partial charge is 0.379 e. The molecule has 3 N–H and O–H groups in total. The predicted octanol–water partition coefficient (Wildman–Crippen LogP) is 4.70. The Morgan fingerprint density at radius 3 is 2.69 bits per heavy atom. The van der Waals surface area contributed by atoms with Crippen molar-refractivity contribution in [3.63, 3.8) is 0 Å². The molecule has 0 radical (unpaired) electrons. The monoisotopic (exact) mass is 539 g/mol. The van der Waals surface area contributed by atoms with Crippen molar-refractivity contribution in [3.8, 4) is 11.8 Å². The van der Waals surface area contributed by atoms with Gasteiger partial charge in [-0.15, -0.1) is 0 Å². The molecule has 1 unspecified atom stereocenters. The number of fused-ring (bicyclic) bond motifs is 3. The van der Waals surface area contributed by atoms with Crippen molar-refractivity contribution in [1.82, 2.24) is 9.97 Å². The summed E-state index contributed by atoms with van der Waals surface area (Å²) in [5, 5.41) is 7.08. The Kier molecular flexibility index (Phi) is 5.24. The molecule has 1 aliphatic carbocycles. The molecule has 2 aromatic carbocycles. The number of anilines is 3. The van der Waals surface area contributed by atoms with E-state index in [2.05, 4.69) is 32.4 Å². The molecule has 7 rings (SSSR count). The molecule has 1 saturated heterocycles. The molecule has 4 heterocycles. The van der Waals surface area contributed by atoms with Crippen molar-refractivity contribution >= 4 is 43.6 Å². The number of hydrogen-bond donors (Lipinski definition) is 3. The smallest absolute Gasteiger partial charge is 0.235 e. The van der Waals surface area contributed by atoms with E-state index < -0.39 is 20.8 Å². The van der Waals surface area contributed by atoms with Crippen LogP contribution in [-0.4, -0.2) is 38.5 Å². The fraction of sp³-hybridized carbons (Fsp3) is 0.207. The highest BCUT2D eigenvalue weighted by atomic mass is 32.2. The Bertz CT molecular complexity index is 1870. The molecule has 39 heavy (non-hydrogen) atoms. The van der Waals surface area contributed by atoms with Crippen LogP contribution in [0.3, 0.4) is 0 Å². The second kappa shape index (κ2) is 8.59. The van der Waals surface area contributed by atoms with Crippen LogP contribution >= 0.6 is 0 Å². The van der Waals surface area contributed by atoms with E-state index in [1.165, 1.54) is 12.1 Å². The predicted molar refractivity (Wildman–Crippen MR) is 145 cm³/mol. The van der Waals surface area contributed by atoms with Crippen LogP contribution in [0.4, 0.5) is 21.6 Å². The standard InChI is InChI=1S/C29H22FN5O3S/c30-23-12-19(39(31,37)20-15-38-16-20)3-6-25(23)34-27-13-21-18(14-33-27)7-10-32-24(21)5-2-17-1-4-22-26(11-17)35-28(36)29(22)8-9-29/h1,3-4,6-7,10-14,20,31H,8-9,15-16H2,(H,33,34)(H,35,36). The zero-order chi connectivity index (χ0) is 26.8. The minimum absolute atomic E-state index is 0.0678. The van der Waals surface area contributed by atoms with Crippen LogP contribution in [0.15, 0.2) is 65.8 Å². The summed E-state index contributed by atoms with van der Waals surface area (Å²) in [5.41, 5.74) is 2.98. The van der Waals surface area contributed by atoms with Gasteiger partial charge in [0.2, 0.25) is 5.91 Å². The Morgan fingerprint density at radius 2 is 1.95 bits per heavy atom. The van der Waals surface area contributed by atoms with Gasteiger partial charge in [-0.05, 0) is 66.8 Å². The molecule has 1 amide bonds. The molecule has 0 bridgehead atoms. The summed E-state index contributed by atoms with van der Waals surface area (Å²) in [7, 11) is -3.14. The van der Waals surface area contributed by atoms with Crippen LogP contribution in [0.1, 0.15) is 29.7 Å². The third-order valence-corrected chi connectivity index (χ3v) is 9.74. The molecule has 194 valence electrons. The maximum absolute atomic E-state index is 14.9. The van der Waals surface area contributed by atoms with Crippen LogP contribution < -0.4 is 10.6 Å². The van der Waals surface area contributed by atoms with Gasteiger partial charge in [-0.3, -0.25) is 4.79 Å². The second-order valence-corrected chi connectivity index (χ2v) is 12.4. The first-order valence-corrected chi connectivity index (χ1v) is 14.1. The number of carbonyl (C=O) groups excluding carboxylic acids is 1. The fourth-order valence-electron chi connectivity index (χ4n) is 5.02. The zero-order valence-electron chi connectivity index (χ0n) is 20.6. The molecule has 4 aromatic rings. The minimum Gasteiger partial charge on any atom is -0.379 e. The summed E-state index contributed by atoms with van der Waals surface area (Å²) in [4.78, 5) is 21.3. The van der Waals surface area contributed by atoms with Gasteiger partial charge in [-0.1, -0.05) is 12.0 Å². The number of nitrogens with one attached hydrogen (secondary N) is 3. The van der Waals surface area contributed by atoms with Gasteiger partial charge >= 0.3 is 0 Å². The molecule has 1 saturated carbocycles. The molecule has 2 aliphatic heterocycles. The molecular weight excluding hydrogens is 517 g/mol. The molecule has 10 heteroatoms. The second-order valence-electron chi connectivity index (χ2n) is 10.0. The average Bonchev–Trinajstić information content (AvgIpc) is 3.64. The van der Waals surface area contributed by atoms with Crippen LogP contribution in [0.25, 0.3) is 10.8 Å². The van der Waals surface area contributed by atoms with Crippen molar-refractivity contribution in [2.75, 3.05) is 23.8 Å². The first-order valence-electron chi connectivity index (χ1n) is 12.5. The molecule has 2 fully saturated rings. The Morgan fingerprint density at radius 1 is 1.10 bits per heavy atom. The summed E-state index contributed by atoms with van der Waals surface area (Å²) in [6.45, 7) is 0.488. The lowest BCUT2D eigenvalue weighted by Gasteiger charge is -2.28. The normalized spacial score (nSPS) is 18.4. The molecular formula is C29H22FN5O3S. The van der Waals surface area contributed by atoms with E-state index in [4.69, 9.17) is 9.52 Å². The summed E-state index contributed by atoms with van der Waals surface area (Å²) in [6, 6.07) is 13.5. The number of aromatic nitrogens is 2.